The fourth-order valence-corrected chi connectivity index (χ4v) is 2.07. The Kier molecular flexibility index (Phi) is 2.67. The Morgan fingerprint density at radius 3 is 2.54 bits per heavy atom. The Labute approximate surface area is 77.0 Å². The van der Waals surface area contributed by atoms with Gasteiger partial charge in [0.1, 0.15) is 0 Å². The summed E-state index contributed by atoms with van der Waals surface area (Å²) in [6.07, 6.45) is 0. The monoisotopic (exact) mass is 204 g/mol. The molecule has 0 radical (unpaired) electrons. The second-order valence-corrected chi connectivity index (χ2v) is 4.29. The average Bonchev–Trinajstić information content (AvgIpc) is 2.33. The van der Waals surface area contributed by atoms with Crippen molar-refractivity contribution in [2.24, 2.45) is 7.05 Å². The Balaban J connectivity index is 3.15. The Hall–Kier alpha value is -0.950. The van der Waals surface area contributed by atoms with Crippen LogP contribution in [0, 0.1) is 6.92 Å². The molecule has 1 rings (SSSR count). The van der Waals surface area contributed by atoms with Crippen molar-refractivity contribution in [3.63, 3.8) is 0 Å². The van der Waals surface area contributed by atoms with E-state index in [9.17, 15) is 8.42 Å². The molecular weight excluding hydrogens is 192 g/mol. The molecule has 0 saturated carbocycles. The maximum atomic E-state index is 11.4. The van der Waals surface area contributed by atoms with E-state index < -0.39 is 10.0 Å². The van der Waals surface area contributed by atoms with Gasteiger partial charge in [0.05, 0.1) is 5.69 Å². The van der Waals surface area contributed by atoms with Crippen LogP contribution in [0.25, 0.3) is 0 Å². The van der Waals surface area contributed by atoms with Crippen molar-refractivity contribution in [1.82, 2.24) is 19.7 Å². The number of aryl methyl sites for hydroxylation is 1. The van der Waals surface area contributed by atoms with Gasteiger partial charge in [0, 0.05) is 13.6 Å². The molecule has 0 amide bonds. The zero-order valence-corrected chi connectivity index (χ0v) is 8.59. The van der Waals surface area contributed by atoms with E-state index in [0.717, 1.165) is 0 Å². The summed E-state index contributed by atoms with van der Waals surface area (Å²) in [6, 6.07) is 0. The summed E-state index contributed by atoms with van der Waals surface area (Å²) in [5, 5.41) is 7.18. The topological polar surface area (TPSA) is 76.9 Å². The van der Waals surface area contributed by atoms with Gasteiger partial charge in [-0.25, -0.2) is 13.1 Å². The molecule has 7 heteroatoms. The lowest BCUT2D eigenvalue weighted by molar-refractivity contribution is 0.579. The van der Waals surface area contributed by atoms with Crippen molar-refractivity contribution in [2.75, 3.05) is 6.54 Å². The summed E-state index contributed by atoms with van der Waals surface area (Å²) in [4.78, 5) is 0. The third-order valence-corrected chi connectivity index (χ3v) is 3.21. The van der Waals surface area contributed by atoms with Gasteiger partial charge in [-0.15, -0.1) is 5.10 Å². The predicted octanol–water partition coefficient (Wildman–Crippen LogP) is -0.578. The Morgan fingerprint density at radius 1 is 1.54 bits per heavy atom. The zero-order chi connectivity index (χ0) is 10.1. The van der Waals surface area contributed by atoms with Crippen LogP contribution in [0.1, 0.15) is 12.6 Å². The number of aromatic nitrogens is 3. The van der Waals surface area contributed by atoms with Crippen LogP contribution in [0.3, 0.4) is 0 Å². The fraction of sp³-hybridized carbons (Fsp3) is 0.667. The van der Waals surface area contributed by atoms with Crippen LogP contribution in [0.4, 0.5) is 0 Å². The molecule has 0 aromatic carbocycles. The maximum Gasteiger partial charge on any atom is 0.261 e. The van der Waals surface area contributed by atoms with Crippen LogP contribution in [0.15, 0.2) is 5.03 Å². The molecule has 0 atom stereocenters. The van der Waals surface area contributed by atoms with E-state index in [4.69, 9.17) is 0 Å². The maximum absolute atomic E-state index is 11.4. The van der Waals surface area contributed by atoms with Crippen LogP contribution in [0.5, 0.6) is 0 Å². The normalized spacial score (nSPS) is 11.9. The first-order chi connectivity index (χ1) is 5.99. The summed E-state index contributed by atoms with van der Waals surface area (Å²) in [5.41, 5.74) is 0.529. The van der Waals surface area contributed by atoms with Gasteiger partial charge in [-0.3, -0.25) is 4.68 Å². The van der Waals surface area contributed by atoms with Crippen LogP contribution < -0.4 is 4.72 Å². The molecule has 1 aromatic rings. The third kappa shape index (κ3) is 1.86. The zero-order valence-electron chi connectivity index (χ0n) is 7.77. The van der Waals surface area contributed by atoms with Crippen molar-refractivity contribution >= 4 is 10.0 Å². The first kappa shape index (κ1) is 10.1. The first-order valence-corrected chi connectivity index (χ1v) is 5.33. The van der Waals surface area contributed by atoms with E-state index in [1.807, 2.05) is 0 Å². The van der Waals surface area contributed by atoms with Gasteiger partial charge >= 0.3 is 0 Å². The van der Waals surface area contributed by atoms with Crippen LogP contribution >= 0.6 is 0 Å². The summed E-state index contributed by atoms with van der Waals surface area (Å²) >= 11 is 0. The molecule has 74 valence electrons. The van der Waals surface area contributed by atoms with Gasteiger partial charge < -0.3 is 0 Å². The molecule has 0 unspecified atom stereocenters. The molecule has 1 aromatic heterocycles. The molecule has 6 nitrogen and oxygen atoms in total. The highest BCUT2D eigenvalue weighted by atomic mass is 32.2. The van der Waals surface area contributed by atoms with Gasteiger partial charge in [-0.2, -0.15) is 0 Å². The largest absolute Gasteiger partial charge is 0.261 e. The summed E-state index contributed by atoms with van der Waals surface area (Å²) in [6.45, 7) is 3.71. The number of hydrogen-bond acceptors (Lipinski definition) is 4. The molecule has 13 heavy (non-hydrogen) atoms. The molecule has 0 fully saturated rings. The molecule has 0 spiro atoms. The van der Waals surface area contributed by atoms with Crippen LogP contribution in [-0.4, -0.2) is 30.0 Å². The smallest absolute Gasteiger partial charge is 0.251 e. The Bertz CT molecular complexity index is 395. The first-order valence-electron chi connectivity index (χ1n) is 3.85. The number of hydrogen-bond donors (Lipinski definition) is 1. The van der Waals surface area contributed by atoms with E-state index in [-0.39, 0.29) is 5.03 Å². The minimum Gasteiger partial charge on any atom is -0.251 e. The van der Waals surface area contributed by atoms with Gasteiger partial charge in [0.15, 0.2) is 0 Å². The molecule has 1 heterocycles. The van der Waals surface area contributed by atoms with Crippen molar-refractivity contribution in [2.45, 2.75) is 18.9 Å². The van der Waals surface area contributed by atoms with Crippen LogP contribution in [-0.2, 0) is 17.1 Å². The quantitative estimate of drug-likeness (QED) is 0.714. The minimum absolute atomic E-state index is 0.00292. The SMILES string of the molecule is CCNS(=O)(=O)c1nnn(C)c1C. The van der Waals surface area contributed by atoms with Gasteiger partial charge in [0.2, 0.25) is 5.03 Å². The molecular formula is C6H12N4O2S. The van der Waals surface area contributed by atoms with Crippen molar-refractivity contribution < 1.29 is 8.42 Å². The van der Waals surface area contributed by atoms with Crippen LogP contribution in [0.2, 0.25) is 0 Å². The van der Waals surface area contributed by atoms with Crippen molar-refractivity contribution in [3.05, 3.63) is 5.69 Å². The van der Waals surface area contributed by atoms with E-state index in [2.05, 4.69) is 15.0 Å². The number of sulfonamides is 1. The summed E-state index contributed by atoms with van der Waals surface area (Å²) in [5.74, 6) is 0. The molecule has 0 bridgehead atoms. The second-order valence-electron chi connectivity index (χ2n) is 2.60. The summed E-state index contributed by atoms with van der Waals surface area (Å²) < 4.78 is 26.6. The lowest BCUT2D eigenvalue weighted by Crippen LogP contribution is -2.24. The van der Waals surface area contributed by atoms with E-state index in [1.54, 1.807) is 20.9 Å². The highest BCUT2D eigenvalue weighted by molar-refractivity contribution is 7.89. The standard InChI is InChI=1S/C6H12N4O2S/c1-4-7-13(11,12)6-5(2)10(3)9-8-6/h7H,4H2,1-3H3. The van der Waals surface area contributed by atoms with Gasteiger partial charge in [-0.05, 0) is 6.92 Å². The molecule has 0 saturated heterocycles. The lowest BCUT2D eigenvalue weighted by atomic mass is 10.5. The molecule has 1 N–H and O–H groups in total. The van der Waals surface area contributed by atoms with E-state index in [0.29, 0.717) is 12.2 Å². The number of nitrogens with zero attached hydrogens (tertiary/aromatic N) is 3. The van der Waals surface area contributed by atoms with E-state index >= 15 is 0 Å². The number of rotatable bonds is 3. The highest BCUT2D eigenvalue weighted by Crippen LogP contribution is 2.08. The molecule has 0 aliphatic carbocycles. The van der Waals surface area contributed by atoms with Crippen molar-refractivity contribution in [3.8, 4) is 0 Å². The van der Waals surface area contributed by atoms with Gasteiger partial charge in [-0.1, -0.05) is 12.1 Å². The Morgan fingerprint density at radius 2 is 2.15 bits per heavy atom. The predicted molar refractivity (Wildman–Crippen MR) is 46.6 cm³/mol. The minimum atomic E-state index is -3.46. The molecule has 0 aliphatic rings. The third-order valence-electron chi connectivity index (χ3n) is 1.65. The van der Waals surface area contributed by atoms with Gasteiger partial charge in [0.25, 0.3) is 10.0 Å². The average molecular weight is 204 g/mol. The summed E-state index contributed by atoms with van der Waals surface area (Å²) in [7, 11) is -1.82. The highest BCUT2D eigenvalue weighted by Gasteiger charge is 2.20. The fourth-order valence-electron chi connectivity index (χ4n) is 0.892. The second kappa shape index (κ2) is 3.43. The van der Waals surface area contributed by atoms with E-state index in [1.165, 1.54) is 4.68 Å². The lowest BCUT2D eigenvalue weighted by Gasteiger charge is -2.00. The molecule has 0 aliphatic heterocycles. The van der Waals surface area contributed by atoms with Crippen molar-refractivity contribution in [1.29, 1.82) is 0 Å². The number of nitrogens with one attached hydrogen (secondary N) is 1.